The number of ether oxygens (including phenoxy) is 1. The lowest BCUT2D eigenvalue weighted by molar-refractivity contribution is 0.0593. The summed E-state index contributed by atoms with van der Waals surface area (Å²) in [5.41, 5.74) is 2.53. The third kappa shape index (κ3) is 1.76. The number of rotatable bonds is 2. The van der Waals surface area contributed by atoms with Gasteiger partial charge in [-0.15, -0.1) is 0 Å². The average molecular weight is 191 g/mol. The van der Waals surface area contributed by atoms with Crippen molar-refractivity contribution in [1.29, 1.82) is 0 Å². The number of methoxy groups -OCH3 is 1. The first-order valence-electron chi connectivity index (χ1n) is 4.77. The number of aryl methyl sites for hydroxylation is 1. The van der Waals surface area contributed by atoms with Crippen LogP contribution in [0.15, 0.2) is 12.1 Å². The van der Waals surface area contributed by atoms with E-state index in [-0.39, 0.29) is 5.97 Å². The first-order valence-corrected chi connectivity index (χ1v) is 4.77. The molecule has 0 N–H and O–H groups in total. The van der Waals surface area contributed by atoms with E-state index in [9.17, 15) is 4.79 Å². The molecule has 0 spiro atoms. The van der Waals surface area contributed by atoms with Crippen molar-refractivity contribution >= 4 is 5.97 Å². The standard InChI is InChI=1S/C11H13NO2/c1-7-5-9(8-3-4-8)12-10(6-7)11(13)14-2/h5-6,8H,3-4H2,1-2H3. The molecule has 1 saturated carbocycles. The number of nitrogens with zero attached hydrogens (tertiary/aromatic N) is 1. The van der Waals surface area contributed by atoms with E-state index in [1.54, 1.807) is 6.07 Å². The van der Waals surface area contributed by atoms with Gasteiger partial charge in [0.2, 0.25) is 0 Å². The number of pyridine rings is 1. The number of aromatic nitrogens is 1. The van der Waals surface area contributed by atoms with Crippen molar-refractivity contribution in [3.05, 3.63) is 29.1 Å². The van der Waals surface area contributed by atoms with Gasteiger partial charge in [-0.25, -0.2) is 9.78 Å². The Morgan fingerprint density at radius 2 is 2.21 bits per heavy atom. The molecule has 0 atom stereocenters. The summed E-state index contributed by atoms with van der Waals surface area (Å²) in [6.07, 6.45) is 2.38. The van der Waals surface area contributed by atoms with Gasteiger partial charge in [-0.1, -0.05) is 0 Å². The Morgan fingerprint density at radius 3 is 2.79 bits per heavy atom. The minimum Gasteiger partial charge on any atom is -0.464 e. The van der Waals surface area contributed by atoms with Gasteiger partial charge in [-0.05, 0) is 37.5 Å². The summed E-state index contributed by atoms with van der Waals surface area (Å²) in [6, 6.07) is 3.81. The van der Waals surface area contributed by atoms with E-state index in [1.165, 1.54) is 20.0 Å². The van der Waals surface area contributed by atoms with Crippen molar-refractivity contribution in [3.63, 3.8) is 0 Å². The third-order valence-corrected chi connectivity index (χ3v) is 2.38. The smallest absolute Gasteiger partial charge is 0.356 e. The van der Waals surface area contributed by atoms with Gasteiger partial charge >= 0.3 is 5.97 Å². The van der Waals surface area contributed by atoms with E-state index in [0.717, 1.165) is 11.3 Å². The summed E-state index contributed by atoms with van der Waals surface area (Å²) >= 11 is 0. The lowest BCUT2D eigenvalue weighted by Gasteiger charge is -2.03. The first-order chi connectivity index (χ1) is 6.70. The normalized spacial score (nSPS) is 15.3. The zero-order valence-corrected chi connectivity index (χ0v) is 8.41. The predicted octanol–water partition coefficient (Wildman–Crippen LogP) is 2.05. The molecule has 0 radical (unpaired) electrons. The highest BCUT2D eigenvalue weighted by molar-refractivity contribution is 5.87. The summed E-state index contributed by atoms with van der Waals surface area (Å²) in [5.74, 6) is 0.217. The summed E-state index contributed by atoms with van der Waals surface area (Å²) in [5, 5.41) is 0. The van der Waals surface area contributed by atoms with Gasteiger partial charge in [0, 0.05) is 11.6 Å². The Hall–Kier alpha value is -1.38. The topological polar surface area (TPSA) is 39.2 Å². The van der Waals surface area contributed by atoms with Crippen molar-refractivity contribution in [2.75, 3.05) is 7.11 Å². The van der Waals surface area contributed by atoms with Gasteiger partial charge < -0.3 is 4.74 Å². The molecular formula is C11H13NO2. The molecule has 14 heavy (non-hydrogen) atoms. The van der Waals surface area contributed by atoms with Gasteiger partial charge in [0.05, 0.1) is 7.11 Å². The van der Waals surface area contributed by atoms with E-state index in [2.05, 4.69) is 9.72 Å². The fourth-order valence-electron chi connectivity index (χ4n) is 1.49. The van der Waals surface area contributed by atoms with E-state index in [0.29, 0.717) is 11.6 Å². The van der Waals surface area contributed by atoms with Crippen molar-refractivity contribution in [1.82, 2.24) is 4.98 Å². The van der Waals surface area contributed by atoms with Gasteiger partial charge in [-0.3, -0.25) is 0 Å². The molecule has 3 nitrogen and oxygen atoms in total. The zero-order chi connectivity index (χ0) is 10.1. The molecule has 0 aromatic carbocycles. The second-order valence-corrected chi connectivity index (χ2v) is 3.72. The molecule has 3 heteroatoms. The van der Waals surface area contributed by atoms with Crippen LogP contribution in [0.2, 0.25) is 0 Å². The highest BCUT2D eigenvalue weighted by atomic mass is 16.5. The Balaban J connectivity index is 2.35. The molecule has 2 rings (SSSR count). The molecule has 0 aliphatic heterocycles. The minimum atomic E-state index is -0.351. The van der Waals surface area contributed by atoms with Crippen LogP contribution in [0.3, 0.4) is 0 Å². The van der Waals surface area contributed by atoms with Crippen molar-refractivity contribution < 1.29 is 9.53 Å². The van der Waals surface area contributed by atoms with Crippen molar-refractivity contribution in [2.45, 2.75) is 25.7 Å². The number of carbonyl (C=O) groups excluding carboxylic acids is 1. The second kappa shape index (κ2) is 3.40. The quantitative estimate of drug-likeness (QED) is 0.671. The highest BCUT2D eigenvalue weighted by Crippen LogP contribution is 2.39. The molecule has 1 aliphatic rings. The van der Waals surface area contributed by atoms with Crippen LogP contribution in [-0.2, 0) is 4.74 Å². The van der Waals surface area contributed by atoms with E-state index in [1.807, 2.05) is 13.0 Å². The number of hydrogen-bond donors (Lipinski definition) is 0. The van der Waals surface area contributed by atoms with Crippen molar-refractivity contribution in [2.24, 2.45) is 0 Å². The SMILES string of the molecule is COC(=O)c1cc(C)cc(C2CC2)n1. The van der Waals surface area contributed by atoms with Crippen molar-refractivity contribution in [3.8, 4) is 0 Å². The van der Waals surface area contributed by atoms with Crippen LogP contribution in [0.25, 0.3) is 0 Å². The van der Waals surface area contributed by atoms with Crippen LogP contribution in [0.5, 0.6) is 0 Å². The molecule has 0 bridgehead atoms. The molecule has 1 heterocycles. The maximum atomic E-state index is 11.3. The first kappa shape index (κ1) is 9.19. The van der Waals surface area contributed by atoms with Crippen LogP contribution in [0, 0.1) is 6.92 Å². The molecule has 1 aromatic heterocycles. The molecule has 1 aliphatic carbocycles. The Labute approximate surface area is 83.1 Å². The molecular weight excluding hydrogens is 178 g/mol. The molecule has 1 aromatic rings. The summed E-state index contributed by atoms with van der Waals surface area (Å²) < 4.78 is 4.64. The van der Waals surface area contributed by atoms with Gasteiger partial charge in [0.1, 0.15) is 5.69 Å². The van der Waals surface area contributed by atoms with Gasteiger partial charge in [0.25, 0.3) is 0 Å². The second-order valence-electron chi connectivity index (χ2n) is 3.72. The predicted molar refractivity (Wildman–Crippen MR) is 52.3 cm³/mol. The van der Waals surface area contributed by atoms with E-state index in [4.69, 9.17) is 0 Å². The highest BCUT2D eigenvalue weighted by Gasteiger charge is 2.26. The van der Waals surface area contributed by atoms with Crippen LogP contribution in [-0.4, -0.2) is 18.1 Å². The van der Waals surface area contributed by atoms with Crippen LogP contribution < -0.4 is 0 Å². The number of carbonyl (C=O) groups is 1. The molecule has 0 saturated heterocycles. The fraction of sp³-hybridized carbons (Fsp3) is 0.455. The van der Waals surface area contributed by atoms with Crippen LogP contribution in [0.1, 0.15) is 40.5 Å². The average Bonchev–Trinajstić information content (AvgIpc) is 2.98. The lowest BCUT2D eigenvalue weighted by atomic mass is 10.1. The Bertz CT molecular complexity index is 370. The van der Waals surface area contributed by atoms with E-state index >= 15 is 0 Å². The Morgan fingerprint density at radius 1 is 1.50 bits per heavy atom. The van der Waals surface area contributed by atoms with Gasteiger partial charge in [0.15, 0.2) is 0 Å². The maximum absolute atomic E-state index is 11.3. The molecule has 0 amide bonds. The molecule has 1 fully saturated rings. The Kier molecular flexibility index (Phi) is 2.23. The summed E-state index contributed by atoms with van der Waals surface area (Å²) in [6.45, 7) is 1.97. The number of esters is 1. The monoisotopic (exact) mass is 191 g/mol. The van der Waals surface area contributed by atoms with Crippen LogP contribution in [0.4, 0.5) is 0 Å². The molecule has 0 unspecified atom stereocenters. The fourth-order valence-corrected chi connectivity index (χ4v) is 1.49. The maximum Gasteiger partial charge on any atom is 0.356 e. The molecule has 74 valence electrons. The van der Waals surface area contributed by atoms with Gasteiger partial charge in [-0.2, -0.15) is 0 Å². The number of hydrogen-bond acceptors (Lipinski definition) is 3. The third-order valence-electron chi connectivity index (χ3n) is 2.38. The zero-order valence-electron chi connectivity index (χ0n) is 8.41. The largest absolute Gasteiger partial charge is 0.464 e. The minimum absolute atomic E-state index is 0.351. The van der Waals surface area contributed by atoms with Crippen LogP contribution >= 0.6 is 0 Å². The van der Waals surface area contributed by atoms with E-state index < -0.39 is 0 Å². The lowest BCUT2D eigenvalue weighted by Crippen LogP contribution is -2.06. The summed E-state index contributed by atoms with van der Waals surface area (Å²) in [7, 11) is 1.38. The summed E-state index contributed by atoms with van der Waals surface area (Å²) in [4.78, 5) is 15.6.